The number of hydrogen-bond donors (Lipinski definition) is 1. The van der Waals surface area contributed by atoms with Crippen LogP contribution in [0, 0.1) is 5.92 Å². The summed E-state index contributed by atoms with van der Waals surface area (Å²) in [6, 6.07) is 3.80. The number of rotatable bonds is 1. The fraction of sp³-hybridized carbons (Fsp3) is 0.615. The fourth-order valence-corrected chi connectivity index (χ4v) is 3.35. The van der Waals surface area contributed by atoms with Crippen LogP contribution in [0.5, 0.6) is 0 Å². The summed E-state index contributed by atoms with van der Waals surface area (Å²) in [6.07, 6.45) is 1.20. The van der Waals surface area contributed by atoms with Crippen LogP contribution in [0.25, 0.3) is 0 Å². The Balaban J connectivity index is 2.09. The quantitative estimate of drug-likeness (QED) is 0.764. The van der Waals surface area contributed by atoms with Crippen molar-refractivity contribution in [1.82, 2.24) is 9.47 Å². The van der Waals surface area contributed by atoms with E-state index in [9.17, 15) is 4.79 Å². The zero-order valence-corrected chi connectivity index (χ0v) is 10.1. The molecule has 0 unspecified atom stereocenters. The van der Waals surface area contributed by atoms with E-state index in [4.69, 9.17) is 5.11 Å². The van der Waals surface area contributed by atoms with Gasteiger partial charge in [0.05, 0.1) is 6.61 Å². The van der Waals surface area contributed by atoms with Crippen LogP contribution >= 0.6 is 0 Å². The van der Waals surface area contributed by atoms with E-state index in [-0.39, 0.29) is 12.2 Å². The van der Waals surface area contributed by atoms with Crippen LogP contribution in [0.4, 0.5) is 0 Å². The van der Waals surface area contributed by atoms with Crippen LogP contribution in [0.2, 0.25) is 0 Å². The number of aliphatic hydroxyl groups excluding tert-OH is 1. The van der Waals surface area contributed by atoms with Gasteiger partial charge in [-0.3, -0.25) is 4.79 Å². The van der Waals surface area contributed by atoms with Crippen molar-refractivity contribution in [3.8, 4) is 0 Å². The molecule has 4 nitrogen and oxygen atoms in total. The Morgan fingerprint density at radius 1 is 1.35 bits per heavy atom. The number of fused-ring (bicyclic) bond motifs is 4. The van der Waals surface area contributed by atoms with Crippen molar-refractivity contribution in [2.24, 2.45) is 5.92 Å². The molecule has 0 aromatic carbocycles. The van der Waals surface area contributed by atoms with Gasteiger partial charge in [-0.15, -0.1) is 0 Å². The molecule has 1 fully saturated rings. The standard InChI is InChI=1S/C13H18N2O2/c1-14-5-9-4-11(7-14)12-3-2-10(8-16)13(17)15(12)6-9/h2-3,9,11,16H,4-8H2,1H3/t9-,11+/m0/s1. The van der Waals surface area contributed by atoms with Crippen LogP contribution in [0.1, 0.15) is 23.6 Å². The normalized spacial score (nSPS) is 27.9. The predicted octanol–water partition coefficient (Wildman–Crippen LogP) is 0.390. The molecule has 0 amide bonds. The Morgan fingerprint density at radius 3 is 2.94 bits per heavy atom. The molecule has 0 radical (unpaired) electrons. The van der Waals surface area contributed by atoms with Gasteiger partial charge in [-0.25, -0.2) is 0 Å². The Bertz CT molecular complexity index is 495. The second kappa shape index (κ2) is 3.96. The van der Waals surface area contributed by atoms with Gasteiger partial charge in [-0.05, 0) is 31.5 Å². The minimum Gasteiger partial charge on any atom is -0.391 e. The highest BCUT2D eigenvalue weighted by Crippen LogP contribution is 2.34. The molecule has 0 spiro atoms. The smallest absolute Gasteiger partial charge is 0.256 e. The Labute approximate surface area is 100 Å². The summed E-state index contributed by atoms with van der Waals surface area (Å²) in [7, 11) is 2.15. The number of hydrogen-bond acceptors (Lipinski definition) is 3. The third-order valence-electron chi connectivity index (χ3n) is 4.04. The molecule has 0 aliphatic carbocycles. The maximum absolute atomic E-state index is 12.1. The lowest BCUT2D eigenvalue weighted by molar-refractivity contribution is 0.144. The van der Waals surface area contributed by atoms with E-state index < -0.39 is 0 Å². The van der Waals surface area contributed by atoms with Gasteiger partial charge in [0, 0.05) is 36.8 Å². The van der Waals surface area contributed by atoms with Crippen LogP contribution in [-0.2, 0) is 13.2 Å². The second-order valence-electron chi connectivity index (χ2n) is 5.38. The maximum Gasteiger partial charge on any atom is 0.256 e. The molecule has 92 valence electrons. The van der Waals surface area contributed by atoms with Crippen LogP contribution in [0.15, 0.2) is 16.9 Å². The molecule has 1 aromatic rings. The molecule has 2 aliphatic heterocycles. The SMILES string of the molecule is CN1C[C@@H]2C[C@H](C1)c1ccc(CO)c(=O)n1C2. The van der Waals surface area contributed by atoms with E-state index in [1.165, 1.54) is 6.42 Å². The van der Waals surface area contributed by atoms with Gasteiger partial charge < -0.3 is 14.6 Å². The maximum atomic E-state index is 12.1. The molecule has 2 aliphatic rings. The van der Waals surface area contributed by atoms with Crippen molar-refractivity contribution >= 4 is 0 Å². The van der Waals surface area contributed by atoms with Crippen molar-refractivity contribution in [2.75, 3.05) is 20.1 Å². The van der Waals surface area contributed by atoms with Crippen LogP contribution < -0.4 is 5.56 Å². The summed E-state index contributed by atoms with van der Waals surface area (Å²) in [5.41, 5.74) is 1.67. The first-order valence-corrected chi connectivity index (χ1v) is 6.21. The van der Waals surface area contributed by atoms with Crippen molar-refractivity contribution in [3.63, 3.8) is 0 Å². The van der Waals surface area contributed by atoms with Gasteiger partial charge in [0.25, 0.3) is 5.56 Å². The molecule has 1 saturated heterocycles. The molecule has 1 aromatic heterocycles. The van der Waals surface area contributed by atoms with Crippen molar-refractivity contribution < 1.29 is 5.11 Å². The average molecular weight is 234 g/mol. The third-order valence-corrected chi connectivity index (χ3v) is 4.04. The summed E-state index contributed by atoms with van der Waals surface area (Å²) >= 11 is 0. The third kappa shape index (κ3) is 1.72. The molecular weight excluding hydrogens is 216 g/mol. The topological polar surface area (TPSA) is 45.5 Å². The van der Waals surface area contributed by atoms with Crippen molar-refractivity contribution in [1.29, 1.82) is 0 Å². The lowest BCUT2D eigenvalue weighted by Gasteiger charge is -2.41. The molecule has 0 saturated carbocycles. The van der Waals surface area contributed by atoms with Crippen molar-refractivity contribution in [3.05, 3.63) is 33.7 Å². The van der Waals surface area contributed by atoms with Crippen LogP contribution in [0.3, 0.4) is 0 Å². The van der Waals surface area contributed by atoms with E-state index in [1.54, 1.807) is 6.07 Å². The number of pyridine rings is 1. The number of aliphatic hydroxyl groups is 1. The monoisotopic (exact) mass is 234 g/mol. The Hall–Kier alpha value is -1.13. The molecule has 2 atom stereocenters. The van der Waals surface area contributed by atoms with E-state index in [0.29, 0.717) is 17.4 Å². The van der Waals surface area contributed by atoms with E-state index in [1.807, 2.05) is 10.6 Å². The molecule has 3 rings (SSSR count). The zero-order chi connectivity index (χ0) is 12.0. The second-order valence-corrected chi connectivity index (χ2v) is 5.38. The average Bonchev–Trinajstić information content (AvgIpc) is 2.30. The summed E-state index contributed by atoms with van der Waals surface area (Å²) in [6.45, 7) is 2.76. The van der Waals surface area contributed by atoms with Crippen LogP contribution in [-0.4, -0.2) is 34.7 Å². The lowest BCUT2D eigenvalue weighted by Crippen LogP contribution is -2.46. The first kappa shape index (κ1) is 11.0. The summed E-state index contributed by atoms with van der Waals surface area (Å²) in [4.78, 5) is 14.5. The minimum atomic E-state index is -0.158. The highest BCUT2D eigenvalue weighted by atomic mass is 16.3. The number of nitrogens with zero attached hydrogens (tertiary/aromatic N) is 2. The molecule has 17 heavy (non-hydrogen) atoms. The molecule has 2 bridgehead atoms. The number of likely N-dealkylation sites (tertiary alicyclic amines) is 1. The number of piperidine rings is 1. The number of likely N-dealkylation sites (N-methyl/N-ethyl adjacent to an activating group) is 1. The Morgan fingerprint density at radius 2 is 2.18 bits per heavy atom. The minimum absolute atomic E-state index is 0.00394. The first-order valence-electron chi connectivity index (χ1n) is 6.21. The van der Waals surface area contributed by atoms with Crippen molar-refractivity contribution in [2.45, 2.75) is 25.5 Å². The number of aromatic nitrogens is 1. The summed E-state index contributed by atoms with van der Waals surface area (Å²) < 4.78 is 1.89. The highest BCUT2D eigenvalue weighted by Gasteiger charge is 2.33. The van der Waals surface area contributed by atoms with E-state index >= 15 is 0 Å². The molecule has 3 heterocycles. The van der Waals surface area contributed by atoms with Gasteiger partial charge in [-0.2, -0.15) is 0 Å². The van der Waals surface area contributed by atoms with Gasteiger partial charge in [0.15, 0.2) is 0 Å². The zero-order valence-electron chi connectivity index (χ0n) is 10.1. The summed E-state index contributed by atoms with van der Waals surface area (Å²) in [5.74, 6) is 1.06. The molecule has 1 N–H and O–H groups in total. The molecular formula is C13H18N2O2. The first-order chi connectivity index (χ1) is 8.19. The summed E-state index contributed by atoms with van der Waals surface area (Å²) in [5, 5.41) is 9.14. The fourth-order valence-electron chi connectivity index (χ4n) is 3.35. The molecule has 4 heteroatoms. The largest absolute Gasteiger partial charge is 0.391 e. The highest BCUT2D eigenvalue weighted by molar-refractivity contribution is 5.21. The van der Waals surface area contributed by atoms with Gasteiger partial charge in [-0.1, -0.05) is 0 Å². The van der Waals surface area contributed by atoms with E-state index in [2.05, 4.69) is 11.9 Å². The van der Waals surface area contributed by atoms with Gasteiger partial charge >= 0.3 is 0 Å². The predicted molar refractivity (Wildman–Crippen MR) is 65.0 cm³/mol. The van der Waals surface area contributed by atoms with Gasteiger partial charge in [0.1, 0.15) is 0 Å². The van der Waals surface area contributed by atoms with Gasteiger partial charge in [0.2, 0.25) is 0 Å². The Kier molecular flexibility index (Phi) is 2.56. The lowest BCUT2D eigenvalue weighted by atomic mass is 9.83. The van der Waals surface area contributed by atoms with E-state index in [0.717, 1.165) is 25.3 Å².